The molecule has 2 aromatic heterocycles. The Labute approximate surface area is 162 Å². The van der Waals surface area contributed by atoms with Crippen LogP contribution in [0.3, 0.4) is 0 Å². The van der Waals surface area contributed by atoms with E-state index < -0.39 is 0 Å². The van der Waals surface area contributed by atoms with Crippen LogP contribution in [0, 0.1) is 13.8 Å². The van der Waals surface area contributed by atoms with E-state index in [9.17, 15) is 9.59 Å². The van der Waals surface area contributed by atoms with E-state index in [4.69, 9.17) is 0 Å². The molecule has 0 aliphatic heterocycles. The number of benzene rings is 1. The largest absolute Gasteiger partial charge is 0.352 e. The van der Waals surface area contributed by atoms with Gasteiger partial charge in [-0.25, -0.2) is 4.98 Å². The van der Waals surface area contributed by atoms with Gasteiger partial charge in [-0.2, -0.15) is 0 Å². The van der Waals surface area contributed by atoms with Gasteiger partial charge in [0.25, 0.3) is 5.56 Å². The number of rotatable bonds is 4. The van der Waals surface area contributed by atoms with Gasteiger partial charge in [0.15, 0.2) is 0 Å². The third kappa shape index (κ3) is 3.54. The molecule has 1 amide bonds. The van der Waals surface area contributed by atoms with Crippen molar-refractivity contribution in [3.8, 4) is 11.1 Å². The average molecular weight is 382 g/mol. The van der Waals surface area contributed by atoms with E-state index in [-0.39, 0.29) is 24.1 Å². The second-order valence-corrected chi connectivity index (χ2v) is 8.51. The monoisotopic (exact) mass is 381 g/mol. The molecule has 140 valence electrons. The summed E-state index contributed by atoms with van der Waals surface area (Å²) < 4.78 is 1.43. The molecular formula is C21H23N3O2S. The highest BCUT2D eigenvalue weighted by atomic mass is 32.1. The number of nitrogens with one attached hydrogen (secondary N) is 1. The van der Waals surface area contributed by atoms with E-state index in [1.807, 2.05) is 38.1 Å². The molecule has 3 aromatic rings. The Kier molecular flexibility index (Phi) is 4.83. The highest BCUT2D eigenvalue weighted by Crippen LogP contribution is 2.35. The molecule has 4 rings (SSSR count). The summed E-state index contributed by atoms with van der Waals surface area (Å²) in [6.45, 7) is 4.07. The van der Waals surface area contributed by atoms with Crippen molar-refractivity contribution in [1.82, 2.24) is 14.9 Å². The zero-order valence-electron chi connectivity index (χ0n) is 15.6. The lowest BCUT2D eigenvalue weighted by molar-refractivity contribution is -0.122. The van der Waals surface area contributed by atoms with E-state index >= 15 is 0 Å². The van der Waals surface area contributed by atoms with E-state index in [1.54, 1.807) is 0 Å². The predicted octanol–water partition coefficient (Wildman–Crippen LogP) is 3.80. The average Bonchev–Trinajstić information content (AvgIpc) is 3.26. The summed E-state index contributed by atoms with van der Waals surface area (Å²) in [5.74, 6) is -0.117. The van der Waals surface area contributed by atoms with E-state index in [0.29, 0.717) is 5.39 Å². The van der Waals surface area contributed by atoms with Gasteiger partial charge < -0.3 is 5.32 Å². The van der Waals surface area contributed by atoms with Gasteiger partial charge >= 0.3 is 0 Å². The van der Waals surface area contributed by atoms with Crippen LogP contribution in [0.25, 0.3) is 21.3 Å². The molecule has 0 unspecified atom stereocenters. The summed E-state index contributed by atoms with van der Waals surface area (Å²) in [6, 6.07) is 8.40. The Hall–Kier alpha value is -2.47. The molecule has 1 saturated carbocycles. The summed E-state index contributed by atoms with van der Waals surface area (Å²) in [6.07, 6.45) is 5.87. The first-order chi connectivity index (χ1) is 13.0. The standard InChI is InChI=1S/C21H23N3O2S/c1-13-7-9-15(10-8-13)18-14(2)27-20-19(18)21(26)24(12-22-20)11-17(25)23-16-5-3-4-6-16/h7-10,12,16H,3-6,11H2,1-2H3,(H,23,25). The molecule has 27 heavy (non-hydrogen) atoms. The van der Waals surface area contributed by atoms with Gasteiger partial charge in [-0.05, 0) is 32.3 Å². The van der Waals surface area contributed by atoms with Gasteiger partial charge in [-0.3, -0.25) is 14.2 Å². The quantitative estimate of drug-likeness (QED) is 0.748. The van der Waals surface area contributed by atoms with Crippen LogP contribution < -0.4 is 10.9 Å². The second-order valence-electron chi connectivity index (χ2n) is 7.31. The molecular weight excluding hydrogens is 358 g/mol. The van der Waals surface area contributed by atoms with Gasteiger partial charge in [-0.1, -0.05) is 42.7 Å². The van der Waals surface area contributed by atoms with Crippen molar-refractivity contribution in [2.45, 2.75) is 52.1 Å². The second kappa shape index (κ2) is 7.27. The number of carbonyl (C=O) groups excluding carboxylic acids is 1. The fraction of sp³-hybridized carbons (Fsp3) is 0.381. The number of hydrogen-bond acceptors (Lipinski definition) is 4. The van der Waals surface area contributed by atoms with Gasteiger partial charge in [0.2, 0.25) is 5.91 Å². The Morgan fingerprint density at radius 1 is 1.22 bits per heavy atom. The molecule has 5 nitrogen and oxygen atoms in total. The lowest BCUT2D eigenvalue weighted by atomic mass is 10.0. The minimum atomic E-state index is -0.151. The minimum Gasteiger partial charge on any atom is -0.352 e. The van der Waals surface area contributed by atoms with Crippen LogP contribution in [-0.2, 0) is 11.3 Å². The Morgan fingerprint density at radius 3 is 2.63 bits per heavy atom. The van der Waals surface area contributed by atoms with Crippen molar-refractivity contribution in [3.05, 3.63) is 51.4 Å². The zero-order chi connectivity index (χ0) is 19.0. The summed E-state index contributed by atoms with van der Waals surface area (Å²) in [5.41, 5.74) is 2.96. The number of carbonyl (C=O) groups is 1. The van der Waals surface area contributed by atoms with Gasteiger partial charge in [0.1, 0.15) is 11.4 Å². The molecule has 0 radical (unpaired) electrons. The van der Waals surface area contributed by atoms with Crippen LogP contribution in [-0.4, -0.2) is 21.5 Å². The maximum atomic E-state index is 13.1. The predicted molar refractivity (Wildman–Crippen MR) is 109 cm³/mol. The van der Waals surface area contributed by atoms with Crippen LogP contribution in [0.4, 0.5) is 0 Å². The molecule has 0 atom stereocenters. The lowest BCUT2D eigenvalue weighted by Gasteiger charge is -2.12. The Morgan fingerprint density at radius 2 is 1.93 bits per heavy atom. The van der Waals surface area contributed by atoms with Crippen molar-refractivity contribution in [2.24, 2.45) is 0 Å². The Bertz CT molecular complexity index is 1040. The molecule has 2 heterocycles. The summed E-state index contributed by atoms with van der Waals surface area (Å²) in [7, 11) is 0. The van der Waals surface area contributed by atoms with E-state index in [1.165, 1.54) is 27.8 Å². The first-order valence-electron chi connectivity index (χ1n) is 9.38. The number of fused-ring (bicyclic) bond motifs is 1. The maximum Gasteiger partial charge on any atom is 0.263 e. The molecule has 0 spiro atoms. The third-order valence-corrected chi connectivity index (χ3v) is 6.24. The first kappa shape index (κ1) is 17.9. The van der Waals surface area contributed by atoms with Gasteiger partial charge in [-0.15, -0.1) is 11.3 Å². The molecule has 1 aliphatic rings. The molecule has 1 aliphatic carbocycles. The van der Waals surface area contributed by atoms with Crippen LogP contribution in [0.1, 0.15) is 36.1 Å². The molecule has 0 bridgehead atoms. The van der Waals surface area contributed by atoms with Gasteiger partial charge in [0.05, 0.1) is 11.7 Å². The van der Waals surface area contributed by atoms with Crippen molar-refractivity contribution >= 4 is 27.5 Å². The summed E-state index contributed by atoms with van der Waals surface area (Å²) >= 11 is 1.52. The van der Waals surface area contributed by atoms with Crippen molar-refractivity contribution < 1.29 is 4.79 Å². The summed E-state index contributed by atoms with van der Waals surface area (Å²) in [4.78, 5) is 31.7. The molecule has 0 saturated heterocycles. The lowest BCUT2D eigenvalue weighted by Crippen LogP contribution is -2.37. The highest BCUT2D eigenvalue weighted by molar-refractivity contribution is 7.19. The number of aromatic nitrogens is 2. The fourth-order valence-electron chi connectivity index (χ4n) is 3.82. The zero-order valence-corrected chi connectivity index (χ0v) is 16.4. The first-order valence-corrected chi connectivity index (χ1v) is 10.2. The SMILES string of the molecule is Cc1ccc(-c2c(C)sc3ncn(CC(=O)NC4CCCC4)c(=O)c23)cc1. The molecule has 1 N–H and O–H groups in total. The maximum absolute atomic E-state index is 13.1. The summed E-state index contributed by atoms with van der Waals surface area (Å²) in [5, 5.41) is 3.65. The normalized spacial score (nSPS) is 14.7. The van der Waals surface area contributed by atoms with Crippen molar-refractivity contribution in [2.75, 3.05) is 0 Å². The topological polar surface area (TPSA) is 64.0 Å². The van der Waals surface area contributed by atoms with Crippen molar-refractivity contribution in [3.63, 3.8) is 0 Å². The van der Waals surface area contributed by atoms with Crippen molar-refractivity contribution in [1.29, 1.82) is 0 Å². The molecule has 6 heteroatoms. The minimum absolute atomic E-state index is 0.0144. The number of thiophene rings is 1. The molecule has 1 fully saturated rings. The number of amides is 1. The highest BCUT2D eigenvalue weighted by Gasteiger charge is 2.20. The third-order valence-electron chi connectivity index (χ3n) is 5.23. The van der Waals surface area contributed by atoms with E-state index in [0.717, 1.165) is 46.5 Å². The van der Waals surface area contributed by atoms with E-state index in [2.05, 4.69) is 10.3 Å². The number of hydrogen-bond donors (Lipinski definition) is 1. The molecule has 1 aromatic carbocycles. The fourth-order valence-corrected chi connectivity index (χ4v) is 4.82. The Balaban J connectivity index is 1.70. The van der Waals surface area contributed by atoms with Crippen LogP contribution in [0.2, 0.25) is 0 Å². The van der Waals surface area contributed by atoms with Gasteiger partial charge in [0, 0.05) is 16.5 Å². The van der Waals surface area contributed by atoms with Crippen LogP contribution in [0.15, 0.2) is 35.4 Å². The van der Waals surface area contributed by atoms with Crippen LogP contribution >= 0.6 is 11.3 Å². The smallest absolute Gasteiger partial charge is 0.263 e. The number of aryl methyl sites for hydroxylation is 2. The number of nitrogens with zero attached hydrogens (tertiary/aromatic N) is 2. The van der Waals surface area contributed by atoms with Crippen LogP contribution in [0.5, 0.6) is 0 Å².